The first-order valence-corrected chi connectivity index (χ1v) is 5.75. The Labute approximate surface area is 115 Å². The van der Waals surface area contributed by atoms with E-state index in [1.165, 1.54) is 18.2 Å². The van der Waals surface area contributed by atoms with Crippen LogP contribution in [-0.2, 0) is 9.59 Å². The lowest BCUT2D eigenvalue weighted by atomic mass is 10.2. The Balaban J connectivity index is 3.05. The molecule has 3 N–H and O–H groups in total. The smallest absolute Gasteiger partial charge is 0.326 e. The molecule has 9 heteroatoms. The zero-order valence-electron chi connectivity index (χ0n) is 9.37. The summed E-state index contributed by atoms with van der Waals surface area (Å²) in [6.45, 7) is 0. The number of hydrogen-bond donors (Lipinski definition) is 3. The zero-order chi connectivity index (χ0) is 14.6. The van der Waals surface area contributed by atoms with Gasteiger partial charge in [0.1, 0.15) is 11.7 Å². The van der Waals surface area contributed by atoms with Crippen LogP contribution in [0.1, 0.15) is 6.42 Å². The van der Waals surface area contributed by atoms with Gasteiger partial charge in [-0.25, -0.2) is 4.79 Å². The predicted octanol–water partition coefficient (Wildman–Crippen LogP) is 1.70. The molecule has 0 saturated carbocycles. The Bertz CT molecular complexity index is 533. The van der Waals surface area contributed by atoms with Crippen molar-refractivity contribution in [2.75, 3.05) is 5.32 Å². The minimum Gasteiger partial charge on any atom is -0.481 e. The fourth-order valence-corrected chi connectivity index (χ4v) is 1.69. The Morgan fingerprint density at radius 3 is 2.53 bits per heavy atom. The summed E-state index contributed by atoms with van der Waals surface area (Å²) >= 11 is 3.06. The number of rotatable bonds is 6. The van der Waals surface area contributed by atoms with Crippen LogP contribution >= 0.6 is 15.9 Å². The van der Waals surface area contributed by atoms with Crippen LogP contribution in [0.3, 0.4) is 0 Å². The van der Waals surface area contributed by atoms with Crippen LogP contribution in [0.4, 0.5) is 11.4 Å². The number of nitro groups is 1. The Kier molecular flexibility index (Phi) is 4.81. The minimum absolute atomic E-state index is 0.0538. The molecule has 0 fully saturated rings. The van der Waals surface area contributed by atoms with Crippen molar-refractivity contribution in [2.45, 2.75) is 12.5 Å². The maximum Gasteiger partial charge on any atom is 0.326 e. The fraction of sp³-hybridized carbons (Fsp3) is 0.200. The highest BCUT2D eigenvalue weighted by molar-refractivity contribution is 9.10. The summed E-state index contributed by atoms with van der Waals surface area (Å²) in [6, 6.07) is 2.54. The van der Waals surface area contributed by atoms with E-state index in [4.69, 9.17) is 10.2 Å². The molecule has 1 unspecified atom stereocenters. The van der Waals surface area contributed by atoms with Gasteiger partial charge in [0, 0.05) is 10.5 Å². The highest BCUT2D eigenvalue weighted by Gasteiger charge is 2.24. The standard InChI is InChI=1S/C10H9BrN2O6/c11-5-1-2-6(8(3-5)13(18)19)12-7(10(16)17)4-9(14)15/h1-3,7,12H,4H2,(H,14,15)(H,16,17). The molecule has 1 rings (SSSR count). The van der Waals surface area contributed by atoms with Gasteiger partial charge in [-0.05, 0) is 12.1 Å². The van der Waals surface area contributed by atoms with Gasteiger partial charge < -0.3 is 15.5 Å². The molecule has 1 atom stereocenters. The topological polar surface area (TPSA) is 130 Å². The number of nitrogens with zero attached hydrogens (tertiary/aromatic N) is 1. The van der Waals surface area contributed by atoms with Crippen LogP contribution in [0.5, 0.6) is 0 Å². The molecule has 1 aromatic carbocycles. The van der Waals surface area contributed by atoms with Gasteiger partial charge in [-0.3, -0.25) is 14.9 Å². The van der Waals surface area contributed by atoms with Crippen LogP contribution in [0.2, 0.25) is 0 Å². The summed E-state index contributed by atoms with van der Waals surface area (Å²) < 4.78 is 0.454. The summed E-state index contributed by atoms with van der Waals surface area (Å²) in [4.78, 5) is 31.6. The number of aliphatic carboxylic acids is 2. The second-order valence-electron chi connectivity index (χ2n) is 3.55. The molecular formula is C10H9BrN2O6. The molecule has 0 heterocycles. The third kappa shape index (κ3) is 4.21. The van der Waals surface area contributed by atoms with Gasteiger partial charge in [0.2, 0.25) is 0 Å². The van der Waals surface area contributed by atoms with Crippen molar-refractivity contribution >= 4 is 39.2 Å². The van der Waals surface area contributed by atoms with Crippen molar-refractivity contribution in [3.8, 4) is 0 Å². The van der Waals surface area contributed by atoms with E-state index in [0.717, 1.165) is 0 Å². The lowest BCUT2D eigenvalue weighted by molar-refractivity contribution is -0.384. The number of nitrogens with one attached hydrogen (secondary N) is 1. The van der Waals surface area contributed by atoms with E-state index in [-0.39, 0.29) is 11.4 Å². The van der Waals surface area contributed by atoms with Gasteiger partial charge in [-0.15, -0.1) is 0 Å². The summed E-state index contributed by atoms with van der Waals surface area (Å²) in [6.07, 6.45) is -0.692. The maximum absolute atomic E-state index is 10.9. The highest BCUT2D eigenvalue weighted by Crippen LogP contribution is 2.28. The Hall–Kier alpha value is -2.16. The third-order valence-electron chi connectivity index (χ3n) is 2.16. The third-order valence-corrected chi connectivity index (χ3v) is 2.66. The van der Waals surface area contributed by atoms with Gasteiger partial charge in [0.05, 0.1) is 11.3 Å². The molecule has 0 bridgehead atoms. The zero-order valence-corrected chi connectivity index (χ0v) is 11.0. The van der Waals surface area contributed by atoms with Gasteiger partial charge in [0.15, 0.2) is 0 Å². The van der Waals surface area contributed by atoms with Crippen molar-refractivity contribution in [2.24, 2.45) is 0 Å². The average Bonchev–Trinajstić information content (AvgIpc) is 2.29. The lowest BCUT2D eigenvalue weighted by Gasteiger charge is -2.13. The molecule has 0 aliphatic heterocycles. The molecule has 0 saturated heterocycles. The van der Waals surface area contributed by atoms with E-state index < -0.39 is 29.3 Å². The molecule has 0 amide bonds. The quantitative estimate of drug-likeness (QED) is 0.533. The summed E-state index contributed by atoms with van der Waals surface area (Å²) in [5.74, 6) is -2.72. The number of nitro benzene ring substituents is 1. The number of benzene rings is 1. The largest absolute Gasteiger partial charge is 0.481 e. The van der Waals surface area contributed by atoms with Gasteiger partial charge in [-0.2, -0.15) is 0 Å². The van der Waals surface area contributed by atoms with E-state index in [0.29, 0.717) is 4.47 Å². The molecule has 19 heavy (non-hydrogen) atoms. The van der Waals surface area contributed by atoms with E-state index in [1.807, 2.05) is 0 Å². The van der Waals surface area contributed by atoms with Crippen LogP contribution in [-0.4, -0.2) is 33.1 Å². The molecule has 8 nitrogen and oxygen atoms in total. The van der Waals surface area contributed by atoms with Crippen LogP contribution in [0.25, 0.3) is 0 Å². The molecule has 0 aromatic heterocycles. The van der Waals surface area contributed by atoms with Crippen LogP contribution < -0.4 is 5.32 Å². The van der Waals surface area contributed by atoms with Crippen LogP contribution in [0.15, 0.2) is 22.7 Å². The first kappa shape index (κ1) is 14.9. The summed E-state index contributed by atoms with van der Waals surface area (Å²) in [5, 5.41) is 30.6. The van der Waals surface area contributed by atoms with Crippen LogP contribution in [0, 0.1) is 10.1 Å². The SMILES string of the molecule is O=C(O)CC(Nc1ccc(Br)cc1[N+](=O)[O-])C(=O)O. The van der Waals surface area contributed by atoms with Gasteiger partial charge in [-0.1, -0.05) is 15.9 Å². The molecule has 102 valence electrons. The van der Waals surface area contributed by atoms with Crippen molar-refractivity contribution < 1.29 is 24.7 Å². The number of carboxylic acid groups (broad SMARTS) is 2. The average molecular weight is 333 g/mol. The Morgan fingerprint density at radius 2 is 2.05 bits per heavy atom. The van der Waals surface area contributed by atoms with Crippen molar-refractivity contribution in [3.05, 3.63) is 32.8 Å². The van der Waals surface area contributed by atoms with Gasteiger partial charge >= 0.3 is 11.9 Å². The highest BCUT2D eigenvalue weighted by atomic mass is 79.9. The maximum atomic E-state index is 10.9. The first-order chi connectivity index (χ1) is 8.81. The monoisotopic (exact) mass is 332 g/mol. The summed E-state index contributed by atoms with van der Waals surface area (Å²) in [7, 11) is 0. The summed E-state index contributed by atoms with van der Waals surface area (Å²) in [5.41, 5.74) is -0.395. The molecule has 0 radical (unpaired) electrons. The van der Waals surface area contributed by atoms with E-state index in [9.17, 15) is 19.7 Å². The van der Waals surface area contributed by atoms with Crippen molar-refractivity contribution in [1.82, 2.24) is 0 Å². The molecule has 0 aliphatic carbocycles. The number of anilines is 1. The van der Waals surface area contributed by atoms with Crippen molar-refractivity contribution in [3.63, 3.8) is 0 Å². The molecular weight excluding hydrogens is 324 g/mol. The normalized spacial score (nSPS) is 11.6. The molecule has 0 aliphatic rings. The number of halogens is 1. The number of hydrogen-bond acceptors (Lipinski definition) is 5. The lowest BCUT2D eigenvalue weighted by Crippen LogP contribution is -2.32. The number of carbonyl (C=O) groups is 2. The first-order valence-electron chi connectivity index (χ1n) is 4.96. The van der Waals surface area contributed by atoms with Gasteiger partial charge in [0.25, 0.3) is 5.69 Å². The Morgan fingerprint density at radius 1 is 1.42 bits per heavy atom. The predicted molar refractivity (Wildman–Crippen MR) is 68.1 cm³/mol. The second kappa shape index (κ2) is 6.14. The van der Waals surface area contributed by atoms with E-state index >= 15 is 0 Å². The van der Waals surface area contributed by atoms with E-state index in [1.54, 1.807) is 0 Å². The van der Waals surface area contributed by atoms with E-state index in [2.05, 4.69) is 21.2 Å². The second-order valence-corrected chi connectivity index (χ2v) is 4.47. The van der Waals surface area contributed by atoms with Crippen molar-refractivity contribution in [1.29, 1.82) is 0 Å². The minimum atomic E-state index is -1.45. The number of carboxylic acids is 2. The fourth-order valence-electron chi connectivity index (χ4n) is 1.34. The molecule has 1 aromatic rings. The molecule has 0 spiro atoms.